The molecule has 1 spiro atoms. The minimum absolute atomic E-state index is 0.0604. The van der Waals surface area contributed by atoms with Crippen molar-refractivity contribution in [2.75, 3.05) is 13.2 Å². The Kier molecular flexibility index (Phi) is 4.76. The third-order valence-corrected chi connectivity index (χ3v) is 7.74. The minimum Gasteiger partial charge on any atom is -0.378 e. The third kappa shape index (κ3) is 2.95. The number of hydrogen-bond acceptors (Lipinski definition) is 4. The maximum absolute atomic E-state index is 12.3. The highest BCUT2D eigenvalue weighted by molar-refractivity contribution is 5.92. The fourth-order valence-electron chi connectivity index (χ4n) is 6.41. The van der Waals surface area contributed by atoms with E-state index in [2.05, 4.69) is 29.6 Å². The summed E-state index contributed by atoms with van der Waals surface area (Å²) in [7, 11) is 1.77. The highest BCUT2D eigenvalue weighted by Gasteiger charge is 2.68. The van der Waals surface area contributed by atoms with Crippen LogP contribution in [0.25, 0.3) is 0 Å². The van der Waals surface area contributed by atoms with Crippen LogP contribution >= 0.6 is 0 Å². The number of amides is 2. The zero-order valence-electron chi connectivity index (χ0n) is 17.3. The van der Waals surface area contributed by atoms with Crippen LogP contribution in [0.4, 0.5) is 0 Å². The Morgan fingerprint density at radius 2 is 2.18 bits per heavy atom. The van der Waals surface area contributed by atoms with Crippen LogP contribution < -0.4 is 10.6 Å². The molecule has 1 aliphatic heterocycles. The molecular formula is C21H32N4O3. The van der Waals surface area contributed by atoms with Crippen molar-refractivity contribution in [1.82, 2.24) is 20.4 Å². The van der Waals surface area contributed by atoms with Gasteiger partial charge in [0.25, 0.3) is 5.91 Å². The van der Waals surface area contributed by atoms with Gasteiger partial charge in [0, 0.05) is 39.4 Å². The molecule has 1 saturated heterocycles. The Morgan fingerprint density at radius 1 is 1.39 bits per heavy atom. The van der Waals surface area contributed by atoms with Crippen molar-refractivity contribution in [3.05, 3.63) is 18.0 Å². The summed E-state index contributed by atoms with van der Waals surface area (Å²) < 4.78 is 7.76. The van der Waals surface area contributed by atoms with E-state index in [0.29, 0.717) is 24.1 Å². The molecule has 5 atom stereocenters. The summed E-state index contributed by atoms with van der Waals surface area (Å²) in [5, 5.41) is 10.4. The summed E-state index contributed by atoms with van der Waals surface area (Å²) in [6.07, 6.45) is 5.91. The molecule has 3 aliphatic rings. The van der Waals surface area contributed by atoms with Crippen LogP contribution in [0, 0.1) is 22.7 Å². The van der Waals surface area contributed by atoms with Crippen molar-refractivity contribution in [2.24, 2.45) is 29.7 Å². The number of aryl methyl sites for hydroxylation is 1. The van der Waals surface area contributed by atoms with Crippen LogP contribution in [0.3, 0.4) is 0 Å². The summed E-state index contributed by atoms with van der Waals surface area (Å²) in [6, 6.07) is 1.92. The molecule has 7 heteroatoms. The second-order valence-corrected chi connectivity index (χ2v) is 9.48. The summed E-state index contributed by atoms with van der Waals surface area (Å²) in [5.74, 6) is 1.02. The predicted octanol–water partition coefficient (Wildman–Crippen LogP) is 1.89. The molecular weight excluding hydrogens is 356 g/mol. The van der Waals surface area contributed by atoms with Gasteiger partial charge in [-0.25, -0.2) is 0 Å². The zero-order valence-corrected chi connectivity index (χ0v) is 17.3. The van der Waals surface area contributed by atoms with Gasteiger partial charge in [-0.3, -0.25) is 14.3 Å². The lowest BCUT2D eigenvalue weighted by Crippen LogP contribution is -2.60. The van der Waals surface area contributed by atoms with Gasteiger partial charge in [-0.05, 0) is 54.4 Å². The molecule has 0 radical (unpaired) electrons. The minimum atomic E-state index is -0.101. The van der Waals surface area contributed by atoms with Crippen LogP contribution in [-0.4, -0.2) is 46.9 Å². The normalized spacial score (nSPS) is 35.4. The van der Waals surface area contributed by atoms with E-state index in [9.17, 15) is 9.59 Å². The van der Waals surface area contributed by atoms with Crippen molar-refractivity contribution in [3.63, 3.8) is 0 Å². The molecule has 2 bridgehead atoms. The van der Waals surface area contributed by atoms with E-state index in [-0.39, 0.29) is 34.8 Å². The van der Waals surface area contributed by atoms with E-state index in [1.165, 1.54) is 6.42 Å². The van der Waals surface area contributed by atoms with Crippen molar-refractivity contribution in [1.29, 1.82) is 0 Å². The van der Waals surface area contributed by atoms with E-state index in [1.54, 1.807) is 30.9 Å². The standard InChI is InChI=1S/C21H32N4O3/c1-13(26)24-19-20(2,3)14-11-15-17(28-10-7-21(15,19)12-14)6-8-22-18(27)16-5-9-23-25(16)4/h5,9,14-15,17,19H,6-8,10-12H2,1-4H3,(H,22,27)(H,24,26)/t14-,15-,17-,19+,21-/m1/s1. The van der Waals surface area contributed by atoms with Gasteiger partial charge in [-0.15, -0.1) is 0 Å². The van der Waals surface area contributed by atoms with Crippen LogP contribution in [0.2, 0.25) is 0 Å². The van der Waals surface area contributed by atoms with E-state index < -0.39 is 0 Å². The number of aromatic nitrogens is 2. The highest BCUT2D eigenvalue weighted by Crippen LogP contribution is 2.68. The summed E-state index contributed by atoms with van der Waals surface area (Å²) in [5.41, 5.74) is 0.820. The number of carbonyl (C=O) groups excluding carboxylic acids is 2. The molecule has 4 rings (SSSR count). The molecule has 28 heavy (non-hydrogen) atoms. The summed E-state index contributed by atoms with van der Waals surface area (Å²) >= 11 is 0. The number of rotatable bonds is 5. The van der Waals surface area contributed by atoms with Gasteiger partial charge in [0.05, 0.1) is 6.10 Å². The maximum Gasteiger partial charge on any atom is 0.269 e. The van der Waals surface area contributed by atoms with Gasteiger partial charge in [-0.1, -0.05) is 13.8 Å². The molecule has 2 amide bonds. The maximum atomic E-state index is 12.3. The molecule has 2 saturated carbocycles. The van der Waals surface area contributed by atoms with Crippen LogP contribution in [0.1, 0.15) is 56.9 Å². The molecule has 1 aromatic rings. The molecule has 154 valence electrons. The van der Waals surface area contributed by atoms with Crippen molar-refractivity contribution < 1.29 is 14.3 Å². The van der Waals surface area contributed by atoms with E-state index in [4.69, 9.17) is 4.74 Å². The lowest BCUT2D eigenvalue weighted by molar-refractivity contribution is -0.135. The molecule has 2 N–H and O–H groups in total. The van der Waals surface area contributed by atoms with Gasteiger partial charge in [0.15, 0.2) is 0 Å². The average Bonchev–Trinajstić information content (AvgIpc) is 3.28. The Labute approximate surface area is 166 Å². The quantitative estimate of drug-likeness (QED) is 0.807. The molecule has 7 nitrogen and oxygen atoms in total. The molecule has 1 aromatic heterocycles. The number of ether oxygens (including phenoxy) is 1. The molecule has 0 unspecified atom stereocenters. The highest BCUT2D eigenvalue weighted by atomic mass is 16.5. The van der Waals surface area contributed by atoms with E-state index >= 15 is 0 Å². The fraction of sp³-hybridized carbons (Fsp3) is 0.762. The molecule has 2 heterocycles. The largest absolute Gasteiger partial charge is 0.378 e. The number of hydrogen-bond donors (Lipinski definition) is 2. The first-order valence-electron chi connectivity index (χ1n) is 10.4. The Bertz CT molecular complexity index is 773. The second kappa shape index (κ2) is 6.87. The third-order valence-electron chi connectivity index (χ3n) is 7.74. The van der Waals surface area contributed by atoms with Crippen molar-refractivity contribution >= 4 is 11.8 Å². The number of nitrogens with zero attached hydrogens (tertiary/aromatic N) is 2. The lowest BCUT2D eigenvalue weighted by Gasteiger charge is -2.53. The smallest absolute Gasteiger partial charge is 0.269 e. The first-order valence-corrected chi connectivity index (χ1v) is 10.4. The van der Waals surface area contributed by atoms with Crippen LogP contribution in [0.5, 0.6) is 0 Å². The van der Waals surface area contributed by atoms with E-state index in [1.807, 2.05) is 0 Å². The second-order valence-electron chi connectivity index (χ2n) is 9.48. The number of fused-ring (bicyclic) bond motifs is 1. The van der Waals surface area contributed by atoms with Gasteiger partial charge in [0.2, 0.25) is 5.91 Å². The molecule has 0 aromatic carbocycles. The number of carbonyl (C=O) groups is 2. The fourth-order valence-corrected chi connectivity index (χ4v) is 6.41. The number of nitrogens with one attached hydrogen (secondary N) is 2. The van der Waals surface area contributed by atoms with Crippen LogP contribution in [0.15, 0.2) is 12.3 Å². The van der Waals surface area contributed by atoms with Crippen molar-refractivity contribution in [3.8, 4) is 0 Å². The predicted molar refractivity (Wildman–Crippen MR) is 105 cm³/mol. The van der Waals surface area contributed by atoms with Crippen molar-refractivity contribution in [2.45, 2.75) is 58.6 Å². The van der Waals surface area contributed by atoms with Gasteiger partial charge in [-0.2, -0.15) is 5.10 Å². The zero-order chi connectivity index (χ0) is 20.1. The van der Waals surface area contributed by atoms with Gasteiger partial charge in [0.1, 0.15) is 5.69 Å². The van der Waals surface area contributed by atoms with Crippen LogP contribution in [-0.2, 0) is 16.6 Å². The van der Waals surface area contributed by atoms with Gasteiger partial charge < -0.3 is 15.4 Å². The summed E-state index contributed by atoms with van der Waals surface area (Å²) in [4.78, 5) is 24.2. The topological polar surface area (TPSA) is 85.3 Å². The lowest BCUT2D eigenvalue weighted by atomic mass is 9.59. The van der Waals surface area contributed by atoms with Gasteiger partial charge >= 0.3 is 0 Å². The Hall–Kier alpha value is -1.89. The molecule has 3 fully saturated rings. The first-order chi connectivity index (χ1) is 13.3. The van der Waals surface area contributed by atoms with E-state index in [0.717, 1.165) is 25.9 Å². The summed E-state index contributed by atoms with van der Waals surface area (Å²) in [6.45, 7) is 7.55. The molecule has 2 aliphatic carbocycles. The Morgan fingerprint density at radius 3 is 2.86 bits per heavy atom. The average molecular weight is 389 g/mol. The SMILES string of the molecule is CC(=O)N[C@H]1C(C)(C)[C@@H]2C[C@@H]3[C@@H](CCNC(=O)c4ccnn4C)OCC[C@@]31C2. The first kappa shape index (κ1) is 19.4. The monoisotopic (exact) mass is 388 g/mol. The Balaban J connectivity index is 1.43.